The molecule has 1 amide bonds. The van der Waals surface area contributed by atoms with Gasteiger partial charge in [0.15, 0.2) is 5.65 Å². The first-order valence-corrected chi connectivity index (χ1v) is 9.75. The summed E-state index contributed by atoms with van der Waals surface area (Å²) in [5, 5.41) is 8.57. The van der Waals surface area contributed by atoms with Crippen molar-refractivity contribution < 1.29 is 9.53 Å². The lowest BCUT2D eigenvalue weighted by Crippen LogP contribution is -2.42. The van der Waals surface area contributed by atoms with Crippen LogP contribution in [0.5, 0.6) is 5.88 Å². The van der Waals surface area contributed by atoms with Crippen LogP contribution >= 0.6 is 0 Å². The van der Waals surface area contributed by atoms with E-state index in [0.29, 0.717) is 24.6 Å². The summed E-state index contributed by atoms with van der Waals surface area (Å²) < 4.78 is 7.18. The van der Waals surface area contributed by atoms with Crippen molar-refractivity contribution in [3.63, 3.8) is 0 Å². The zero-order valence-electron chi connectivity index (χ0n) is 17.1. The van der Waals surface area contributed by atoms with Crippen molar-refractivity contribution >= 4 is 16.9 Å². The summed E-state index contributed by atoms with van der Waals surface area (Å²) in [4.78, 5) is 19.5. The Hall–Kier alpha value is -2.15. The predicted molar refractivity (Wildman–Crippen MR) is 106 cm³/mol. The van der Waals surface area contributed by atoms with Gasteiger partial charge < -0.3 is 15.0 Å². The number of nitrogens with zero attached hydrogens (tertiary/aromatic N) is 4. The number of piperidine rings is 1. The fourth-order valence-electron chi connectivity index (χ4n) is 4.24. The van der Waals surface area contributed by atoms with Crippen LogP contribution < -0.4 is 10.1 Å². The second-order valence-corrected chi connectivity index (χ2v) is 7.54. The molecule has 1 aliphatic rings. The summed E-state index contributed by atoms with van der Waals surface area (Å²) >= 11 is 0. The molecule has 3 rings (SSSR count). The Morgan fingerprint density at radius 3 is 2.85 bits per heavy atom. The van der Waals surface area contributed by atoms with E-state index in [4.69, 9.17) is 9.72 Å². The summed E-state index contributed by atoms with van der Waals surface area (Å²) in [5.74, 6) is 1.40. The van der Waals surface area contributed by atoms with E-state index >= 15 is 0 Å². The highest BCUT2D eigenvalue weighted by Crippen LogP contribution is 2.30. The molecule has 148 valence electrons. The molecule has 0 saturated carbocycles. The number of methoxy groups -OCH3 is 1. The van der Waals surface area contributed by atoms with Crippen LogP contribution in [-0.4, -0.2) is 59.4 Å². The molecule has 0 radical (unpaired) electrons. The summed E-state index contributed by atoms with van der Waals surface area (Å²) in [5.41, 5.74) is 4.03. The van der Waals surface area contributed by atoms with Crippen LogP contribution in [0.4, 0.5) is 0 Å². The fraction of sp³-hybridized carbons (Fsp3) is 0.650. The quantitative estimate of drug-likeness (QED) is 0.838. The highest BCUT2D eigenvalue weighted by molar-refractivity contribution is 5.86. The van der Waals surface area contributed by atoms with Crippen molar-refractivity contribution in [1.82, 2.24) is 25.0 Å². The summed E-state index contributed by atoms with van der Waals surface area (Å²) in [7, 11) is 5.47. The van der Waals surface area contributed by atoms with Crippen molar-refractivity contribution in [1.29, 1.82) is 0 Å². The van der Waals surface area contributed by atoms with Crippen molar-refractivity contribution in [2.75, 3.05) is 33.8 Å². The standard InChI is InChI=1S/C20H31N5O2/c1-13-16(14(2)22-19-18(13)20(27-5)23-24(19)4)8-9-17(26)25-10-6-7-15(12-25)11-21-3/h15,21H,6-12H2,1-5H3. The maximum atomic E-state index is 12.8. The molecule has 1 N–H and O–H groups in total. The molecule has 1 saturated heterocycles. The number of aryl methyl sites for hydroxylation is 3. The average Bonchev–Trinajstić information content (AvgIpc) is 2.97. The largest absolute Gasteiger partial charge is 0.479 e. The third-order valence-electron chi connectivity index (χ3n) is 5.67. The Morgan fingerprint density at radius 1 is 1.37 bits per heavy atom. The summed E-state index contributed by atoms with van der Waals surface area (Å²) in [6.07, 6.45) is 3.51. The van der Waals surface area contributed by atoms with Gasteiger partial charge in [-0.2, -0.15) is 0 Å². The summed E-state index contributed by atoms with van der Waals surface area (Å²) in [6.45, 7) is 6.81. The van der Waals surface area contributed by atoms with Crippen LogP contribution in [0.2, 0.25) is 0 Å². The molecule has 27 heavy (non-hydrogen) atoms. The number of carbonyl (C=O) groups is 1. The Morgan fingerprint density at radius 2 is 2.15 bits per heavy atom. The molecule has 1 fully saturated rings. The van der Waals surface area contributed by atoms with Crippen LogP contribution in [-0.2, 0) is 18.3 Å². The maximum absolute atomic E-state index is 12.8. The molecule has 0 aliphatic carbocycles. The van der Waals surface area contributed by atoms with E-state index < -0.39 is 0 Å². The molecule has 0 spiro atoms. The minimum Gasteiger partial charge on any atom is -0.479 e. The molecule has 2 aromatic rings. The first kappa shape index (κ1) is 19.6. The van der Waals surface area contributed by atoms with E-state index in [1.807, 2.05) is 25.9 Å². The SMILES string of the molecule is CNCC1CCCN(C(=O)CCc2c(C)nc3c(c(OC)nn3C)c2C)C1. The van der Waals surface area contributed by atoms with Crippen molar-refractivity contribution in [2.45, 2.75) is 39.5 Å². The van der Waals surface area contributed by atoms with Crippen LogP contribution in [0, 0.1) is 19.8 Å². The van der Waals surface area contributed by atoms with Gasteiger partial charge in [0.05, 0.1) is 12.5 Å². The number of likely N-dealkylation sites (tertiary alicyclic amines) is 1. The molecule has 1 aliphatic heterocycles. The highest BCUT2D eigenvalue weighted by Gasteiger charge is 2.24. The maximum Gasteiger partial charge on any atom is 0.242 e. The Balaban J connectivity index is 1.76. The van der Waals surface area contributed by atoms with E-state index in [0.717, 1.165) is 53.9 Å². The van der Waals surface area contributed by atoms with E-state index in [-0.39, 0.29) is 5.91 Å². The smallest absolute Gasteiger partial charge is 0.242 e. The average molecular weight is 374 g/mol. The Kier molecular flexibility index (Phi) is 5.99. The molecule has 1 unspecified atom stereocenters. The lowest BCUT2D eigenvalue weighted by molar-refractivity contribution is -0.132. The molecule has 0 bridgehead atoms. The van der Waals surface area contributed by atoms with Crippen LogP contribution in [0.3, 0.4) is 0 Å². The number of amides is 1. The van der Waals surface area contributed by atoms with Crippen LogP contribution in [0.15, 0.2) is 0 Å². The number of hydrogen-bond acceptors (Lipinski definition) is 5. The van der Waals surface area contributed by atoms with Gasteiger partial charge in [0.1, 0.15) is 0 Å². The van der Waals surface area contributed by atoms with E-state index in [1.165, 1.54) is 6.42 Å². The molecule has 7 heteroatoms. The first-order valence-electron chi connectivity index (χ1n) is 9.75. The van der Waals surface area contributed by atoms with Gasteiger partial charge in [-0.1, -0.05) is 0 Å². The Labute approximate surface area is 161 Å². The zero-order chi connectivity index (χ0) is 19.6. The number of hydrogen-bond donors (Lipinski definition) is 1. The van der Waals surface area contributed by atoms with E-state index in [1.54, 1.807) is 11.8 Å². The summed E-state index contributed by atoms with van der Waals surface area (Å²) in [6, 6.07) is 0. The van der Waals surface area contributed by atoms with Gasteiger partial charge in [-0.05, 0) is 63.7 Å². The number of pyridine rings is 1. The molecule has 3 heterocycles. The minimum atomic E-state index is 0.243. The van der Waals surface area contributed by atoms with Crippen molar-refractivity contribution in [2.24, 2.45) is 13.0 Å². The van der Waals surface area contributed by atoms with Crippen LogP contribution in [0.1, 0.15) is 36.1 Å². The molecular weight excluding hydrogens is 342 g/mol. The lowest BCUT2D eigenvalue weighted by Gasteiger charge is -2.33. The van der Waals surface area contributed by atoms with Gasteiger partial charge in [-0.3, -0.25) is 4.79 Å². The lowest BCUT2D eigenvalue weighted by atomic mass is 9.96. The van der Waals surface area contributed by atoms with Crippen molar-refractivity contribution in [3.8, 4) is 5.88 Å². The monoisotopic (exact) mass is 373 g/mol. The predicted octanol–water partition coefficient (Wildman–Crippen LogP) is 1.98. The topological polar surface area (TPSA) is 72.3 Å². The molecule has 1 atom stereocenters. The number of carbonyl (C=O) groups excluding carboxylic acids is 1. The molecule has 0 aromatic carbocycles. The second-order valence-electron chi connectivity index (χ2n) is 7.54. The van der Waals surface area contributed by atoms with Gasteiger partial charge in [0.2, 0.25) is 11.8 Å². The minimum absolute atomic E-state index is 0.243. The Bertz CT molecular complexity index is 828. The number of aromatic nitrogens is 3. The molecular formula is C20H31N5O2. The highest BCUT2D eigenvalue weighted by atomic mass is 16.5. The number of ether oxygens (including phenoxy) is 1. The van der Waals surface area contributed by atoms with E-state index in [9.17, 15) is 4.79 Å². The van der Waals surface area contributed by atoms with Gasteiger partial charge in [-0.25, -0.2) is 9.67 Å². The third-order valence-corrected chi connectivity index (χ3v) is 5.67. The van der Waals surface area contributed by atoms with Gasteiger partial charge >= 0.3 is 0 Å². The van der Waals surface area contributed by atoms with Gasteiger partial charge in [0, 0.05) is 32.3 Å². The second kappa shape index (κ2) is 8.25. The number of rotatable bonds is 6. The van der Waals surface area contributed by atoms with E-state index in [2.05, 4.69) is 17.3 Å². The molecule has 2 aromatic heterocycles. The zero-order valence-corrected chi connectivity index (χ0v) is 17.1. The number of nitrogens with one attached hydrogen (secondary N) is 1. The fourth-order valence-corrected chi connectivity index (χ4v) is 4.24. The van der Waals surface area contributed by atoms with Gasteiger partial charge in [0.25, 0.3) is 0 Å². The normalized spacial score (nSPS) is 17.5. The third kappa shape index (κ3) is 3.93. The molecule has 7 nitrogen and oxygen atoms in total. The van der Waals surface area contributed by atoms with Crippen LogP contribution in [0.25, 0.3) is 11.0 Å². The number of fused-ring (bicyclic) bond motifs is 1. The van der Waals surface area contributed by atoms with Crippen molar-refractivity contribution in [3.05, 3.63) is 16.8 Å². The van der Waals surface area contributed by atoms with Gasteiger partial charge in [-0.15, -0.1) is 5.10 Å². The first-order chi connectivity index (χ1) is 13.0.